The van der Waals surface area contributed by atoms with E-state index in [1.165, 1.54) is 12.1 Å². The van der Waals surface area contributed by atoms with Crippen LogP contribution in [0, 0.1) is 11.3 Å². The predicted molar refractivity (Wildman–Crippen MR) is 77.1 cm³/mol. The highest BCUT2D eigenvalue weighted by atomic mass is 35.5. The minimum absolute atomic E-state index is 0.121. The van der Waals surface area contributed by atoms with Gasteiger partial charge in [-0.25, -0.2) is 0 Å². The lowest BCUT2D eigenvalue weighted by Crippen LogP contribution is -2.26. The molecule has 118 valence electrons. The lowest BCUT2D eigenvalue weighted by molar-refractivity contribution is -0.137. The summed E-state index contributed by atoms with van der Waals surface area (Å²) in [6.45, 7) is 0.310. The second-order valence-electron chi connectivity index (χ2n) is 4.19. The van der Waals surface area contributed by atoms with Crippen molar-refractivity contribution in [3.8, 4) is 6.07 Å². The Bertz CT molecular complexity index is 594. The van der Waals surface area contributed by atoms with Crippen molar-refractivity contribution >= 4 is 23.2 Å². The highest BCUT2D eigenvalue weighted by molar-refractivity contribution is 6.17. The first kappa shape index (κ1) is 17.9. The van der Waals surface area contributed by atoms with Crippen LogP contribution in [0.25, 0.3) is 0 Å². The number of nitrogens with one attached hydrogen (secondary N) is 2. The van der Waals surface area contributed by atoms with Crippen LogP contribution in [0.5, 0.6) is 0 Å². The monoisotopic (exact) mass is 331 g/mol. The van der Waals surface area contributed by atoms with Gasteiger partial charge in [0.1, 0.15) is 11.6 Å². The number of halogens is 4. The number of alkyl halides is 4. The highest BCUT2D eigenvalue weighted by Gasteiger charge is 2.30. The van der Waals surface area contributed by atoms with Crippen molar-refractivity contribution in [2.45, 2.75) is 12.6 Å². The number of nitrogens with zero attached hydrogens (tertiary/aromatic N) is 1. The van der Waals surface area contributed by atoms with E-state index < -0.39 is 17.6 Å². The van der Waals surface area contributed by atoms with Crippen molar-refractivity contribution in [1.29, 1.82) is 5.26 Å². The Morgan fingerprint density at radius 1 is 1.41 bits per heavy atom. The summed E-state index contributed by atoms with van der Waals surface area (Å²) in [4.78, 5) is 11.6. The average molecular weight is 332 g/mol. The molecule has 0 aliphatic carbocycles. The van der Waals surface area contributed by atoms with Gasteiger partial charge < -0.3 is 10.6 Å². The van der Waals surface area contributed by atoms with Gasteiger partial charge in [-0.3, -0.25) is 4.79 Å². The normalized spacial score (nSPS) is 11.7. The third-order valence-electron chi connectivity index (χ3n) is 2.53. The van der Waals surface area contributed by atoms with Gasteiger partial charge in [0.05, 0.1) is 5.56 Å². The molecular weight excluding hydrogens is 319 g/mol. The summed E-state index contributed by atoms with van der Waals surface area (Å²) >= 11 is 5.46. The molecule has 0 heterocycles. The Balaban J connectivity index is 2.77. The topological polar surface area (TPSA) is 64.9 Å². The smallest absolute Gasteiger partial charge is 0.360 e. The Morgan fingerprint density at radius 2 is 2.14 bits per heavy atom. The maximum absolute atomic E-state index is 12.6. The van der Waals surface area contributed by atoms with E-state index in [1.54, 1.807) is 6.07 Å². The number of carbonyl (C=O) groups is 1. The van der Waals surface area contributed by atoms with Gasteiger partial charge >= 0.3 is 6.18 Å². The van der Waals surface area contributed by atoms with E-state index in [2.05, 4.69) is 10.6 Å². The molecule has 0 fully saturated rings. The summed E-state index contributed by atoms with van der Waals surface area (Å²) in [6, 6.07) is 6.11. The summed E-state index contributed by atoms with van der Waals surface area (Å²) in [7, 11) is 0. The minimum atomic E-state index is -4.46. The van der Waals surface area contributed by atoms with Crippen molar-refractivity contribution in [2.24, 2.45) is 0 Å². The van der Waals surface area contributed by atoms with Gasteiger partial charge in [0.2, 0.25) is 0 Å². The van der Waals surface area contributed by atoms with Gasteiger partial charge in [0, 0.05) is 24.3 Å². The van der Waals surface area contributed by atoms with Gasteiger partial charge in [-0.05, 0) is 24.6 Å². The van der Waals surface area contributed by atoms with Gasteiger partial charge in [0.25, 0.3) is 5.91 Å². The summed E-state index contributed by atoms with van der Waals surface area (Å²) < 4.78 is 37.7. The largest absolute Gasteiger partial charge is 0.416 e. The Hall–Kier alpha value is -2.20. The second-order valence-corrected chi connectivity index (χ2v) is 4.57. The molecule has 0 aromatic heterocycles. The van der Waals surface area contributed by atoms with E-state index in [4.69, 9.17) is 16.9 Å². The first-order chi connectivity index (χ1) is 10.4. The molecule has 0 aliphatic heterocycles. The van der Waals surface area contributed by atoms with Crippen LogP contribution in [0.1, 0.15) is 12.0 Å². The van der Waals surface area contributed by atoms with Crippen LogP contribution in [-0.2, 0) is 11.0 Å². The molecule has 4 nitrogen and oxygen atoms in total. The van der Waals surface area contributed by atoms with Crippen LogP contribution in [-0.4, -0.2) is 18.3 Å². The van der Waals surface area contributed by atoms with Gasteiger partial charge in [0.15, 0.2) is 0 Å². The first-order valence-electron chi connectivity index (χ1n) is 6.26. The summed E-state index contributed by atoms with van der Waals surface area (Å²) in [6.07, 6.45) is -2.85. The van der Waals surface area contributed by atoms with Crippen LogP contribution in [0.3, 0.4) is 0 Å². The molecule has 0 atom stereocenters. The van der Waals surface area contributed by atoms with Gasteiger partial charge in [-0.2, -0.15) is 18.4 Å². The number of nitriles is 1. The van der Waals surface area contributed by atoms with Crippen LogP contribution in [0.4, 0.5) is 18.9 Å². The fourth-order valence-corrected chi connectivity index (χ4v) is 1.59. The van der Waals surface area contributed by atoms with Gasteiger partial charge in [-0.15, -0.1) is 11.6 Å². The molecule has 0 saturated carbocycles. The summed E-state index contributed by atoms with van der Waals surface area (Å²) in [5.41, 5.74) is -0.945. The zero-order valence-electron chi connectivity index (χ0n) is 11.4. The van der Waals surface area contributed by atoms with E-state index in [0.29, 0.717) is 18.8 Å². The molecule has 1 aromatic rings. The molecule has 2 N–H and O–H groups in total. The first-order valence-corrected chi connectivity index (χ1v) is 6.80. The molecule has 0 bridgehead atoms. The number of anilines is 1. The molecule has 0 radical (unpaired) electrons. The van der Waals surface area contributed by atoms with Crippen LogP contribution < -0.4 is 10.6 Å². The third-order valence-corrected chi connectivity index (χ3v) is 2.80. The molecule has 0 aliphatic rings. The standard InChI is InChI=1S/C14H13ClF3N3O/c15-5-2-6-20-13(22)10(8-19)9-21-12-4-1-3-11(7-12)14(16,17)18/h1,3-4,7,9,21H,2,5-6H2,(H,20,22)/b10-9-. The Labute approximate surface area is 130 Å². The fourth-order valence-electron chi connectivity index (χ4n) is 1.45. The lowest BCUT2D eigenvalue weighted by atomic mass is 10.2. The molecule has 1 aromatic carbocycles. The van der Waals surface area contributed by atoms with Crippen molar-refractivity contribution in [1.82, 2.24) is 5.32 Å². The number of hydrogen-bond donors (Lipinski definition) is 2. The van der Waals surface area contributed by atoms with E-state index in [0.717, 1.165) is 18.3 Å². The molecule has 1 amide bonds. The predicted octanol–water partition coefficient (Wildman–Crippen LogP) is 3.27. The summed E-state index contributed by atoms with van der Waals surface area (Å²) in [5, 5.41) is 13.9. The van der Waals surface area contributed by atoms with Crippen molar-refractivity contribution in [3.63, 3.8) is 0 Å². The van der Waals surface area contributed by atoms with Crippen LogP contribution >= 0.6 is 11.6 Å². The van der Waals surface area contributed by atoms with Gasteiger partial charge in [-0.1, -0.05) is 6.07 Å². The molecular formula is C14H13ClF3N3O. The SMILES string of the molecule is N#C/C(=C/Nc1cccc(C(F)(F)F)c1)C(=O)NCCCCl. The van der Waals surface area contributed by atoms with Crippen LogP contribution in [0.2, 0.25) is 0 Å². The van der Waals surface area contributed by atoms with E-state index >= 15 is 0 Å². The number of carbonyl (C=O) groups excluding carboxylic acids is 1. The molecule has 0 spiro atoms. The Morgan fingerprint density at radius 3 is 2.73 bits per heavy atom. The van der Waals surface area contributed by atoms with E-state index in [-0.39, 0.29) is 11.3 Å². The zero-order chi connectivity index (χ0) is 16.6. The zero-order valence-corrected chi connectivity index (χ0v) is 12.1. The van der Waals surface area contributed by atoms with E-state index in [9.17, 15) is 18.0 Å². The number of amides is 1. The second kappa shape index (κ2) is 8.29. The highest BCUT2D eigenvalue weighted by Crippen LogP contribution is 2.30. The number of rotatable bonds is 6. The molecule has 22 heavy (non-hydrogen) atoms. The molecule has 0 unspecified atom stereocenters. The fraction of sp³-hybridized carbons (Fsp3) is 0.286. The minimum Gasteiger partial charge on any atom is -0.360 e. The van der Waals surface area contributed by atoms with Crippen molar-refractivity contribution < 1.29 is 18.0 Å². The molecule has 8 heteroatoms. The summed E-state index contributed by atoms with van der Waals surface area (Å²) in [5.74, 6) is -0.249. The lowest BCUT2D eigenvalue weighted by Gasteiger charge is -2.09. The van der Waals surface area contributed by atoms with Crippen molar-refractivity contribution in [2.75, 3.05) is 17.7 Å². The quantitative estimate of drug-likeness (QED) is 0.364. The number of hydrogen-bond acceptors (Lipinski definition) is 3. The molecule has 1 rings (SSSR count). The maximum atomic E-state index is 12.6. The Kier molecular flexibility index (Phi) is 6.73. The average Bonchev–Trinajstić information content (AvgIpc) is 2.47. The van der Waals surface area contributed by atoms with Crippen LogP contribution in [0.15, 0.2) is 36.0 Å². The molecule has 0 saturated heterocycles. The van der Waals surface area contributed by atoms with Crippen molar-refractivity contribution in [3.05, 3.63) is 41.6 Å². The maximum Gasteiger partial charge on any atom is 0.416 e. The third kappa shape index (κ3) is 5.66. The van der Waals surface area contributed by atoms with E-state index in [1.807, 2.05) is 0 Å². The number of benzene rings is 1.